The van der Waals surface area contributed by atoms with Crippen molar-refractivity contribution in [2.24, 2.45) is 0 Å². The summed E-state index contributed by atoms with van der Waals surface area (Å²) in [5, 5.41) is 8.10. The van der Waals surface area contributed by atoms with Gasteiger partial charge in [-0.05, 0) is 19.4 Å². The average molecular weight is 713 g/mol. The number of hydrogen-bond acceptors (Lipinski definition) is 14. The molecule has 0 saturated carbocycles. The normalized spacial score (nSPS) is 31.2. The van der Waals surface area contributed by atoms with Crippen LogP contribution < -0.4 is 0 Å². The lowest BCUT2D eigenvalue weighted by Gasteiger charge is -2.48. The first-order chi connectivity index (χ1) is 21.5. The predicted octanol–water partition coefficient (Wildman–Crippen LogP) is 3.54. The second kappa shape index (κ2) is 16.4. The summed E-state index contributed by atoms with van der Waals surface area (Å²) < 4.78 is 49.8. The van der Waals surface area contributed by atoms with Gasteiger partial charge in [0.1, 0.15) is 12.2 Å². The van der Waals surface area contributed by atoms with Crippen LogP contribution in [0.15, 0.2) is 30.3 Å². The molecule has 256 valence electrons. The molecule has 0 radical (unpaired) electrons. The first-order valence-corrected chi connectivity index (χ1v) is 15.2. The second-order valence-electron chi connectivity index (χ2n) is 10.5. The molecule has 17 heteroatoms. The van der Waals surface area contributed by atoms with Crippen LogP contribution in [0.2, 0.25) is 0 Å². The molecule has 2 heterocycles. The van der Waals surface area contributed by atoms with Crippen LogP contribution in [-0.2, 0) is 68.4 Å². The monoisotopic (exact) mass is 711 g/mol. The second-order valence-corrected chi connectivity index (χ2v) is 12.8. The molecule has 0 bridgehead atoms. The Morgan fingerprint density at radius 2 is 1.13 bits per heavy atom. The molecule has 0 spiro atoms. The van der Waals surface area contributed by atoms with E-state index in [1.807, 2.05) is 30.3 Å². The third-order valence-corrected chi connectivity index (χ3v) is 7.25. The Balaban J connectivity index is 2.07. The maximum Gasteiger partial charge on any atom is 0.303 e. The predicted molar refractivity (Wildman–Crippen MR) is 160 cm³/mol. The summed E-state index contributed by atoms with van der Waals surface area (Å²) in [6, 6.07) is 9.11. The minimum absolute atomic E-state index is 0.0568. The highest BCUT2D eigenvalue weighted by atomic mass is 35.6. The van der Waals surface area contributed by atoms with Gasteiger partial charge in [-0.1, -0.05) is 65.1 Å². The topological polar surface area (TPSA) is 175 Å². The van der Waals surface area contributed by atoms with Crippen molar-refractivity contribution in [3.05, 3.63) is 35.9 Å². The van der Waals surface area contributed by atoms with Crippen LogP contribution in [0, 0.1) is 5.41 Å². The number of esters is 4. The van der Waals surface area contributed by atoms with Gasteiger partial charge in [0.25, 0.3) is 3.79 Å². The molecule has 10 atom stereocenters. The van der Waals surface area contributed by atoms with E-state index in [0.717, 1.165) is 33.3 Å². The molecule has 0 aromatic heterocycles. The number of benzene rings is 1. The summed E-state index contributed by atoms with van der Waals surface area (Å²) in [7, 11) is 0. The van der Waals surface area contributed by atoms with Crippen LogP contribution in [0.4, 0.5) is 0 Å². The molecule has 14 nitrogen and oxygen atoms in total. The van der Waals surface area contributed by atoms with E-state index < -0.39 is 95.0 Å². The Morgan fingerprint density at radius 1 is 0.674 bits per heavy atom. The van der Waals surface area contributed by atoms with Crippen LogP contribution in [0.3, 0.4) is 0 Å². The minimum atomic E-state index is -2.30. The summed E-state index contributed by atoms with van der Waals surface area (Å²) in [4.78, 5) is 48.7. The average Bonchev–Trinajstić information content (AvgIpc) is 2.93. The number of halogens is 3. The largest absolute Gasteiger partial charge is 0.456 e. The number of alkyl halides is 3. The molecule has 1 N–H and O–H groups in total. The molecule has 1 aromatic rings. The summed E-state index contributed by atoms with van der Waals surface area (Å²) in [5.41, 5.74) is 0.785. The van der Waals surface area contributed by atoms with Crippen molar-refractivity contribution in [1.29, 1.82) is 5.41 Å². The van der Waals surface area contributed by atoms with Crippen molar-refractivity contribution in [3.63, 3.8) is 0 Å². The molecule has 2 saturated heterocycles. The first-order valence-electron chi connectivity index (χ1n) is 14.1. The van der Waals surface area contributed by atoms with Gasteiger partial charge < -0.3 is 42.6 Å². The van der Waals surface area contributed by atoms with Crippen molar-refractivity contribution in [1.82, 2.24) is 0 Å². The maximum atomic E-state index is 12.4. The fraction of sp³-hybridized carbons (Fsp3) is 0.621. The maximum absolute atomic E-state index is 12.4. The molecule has 1 aromatic carbocycles. The standard InChI is InChI=1S/C29H36Cl3NO13/c1-13-20(38-12-19-10-8-7-9-11-19)22(24(43-17(5)36)27(39-13)46-28(33)29(30,31)32)45-26-25(44-18(6)37)23(42-16(4)35)21(14(2)40-26)41-15(3)34/h7-11,13-14,20-27,33H,12H2,1-6H3/t13-,14-,20-,21-,22+,23+,24+,25+,26-,27+/m0/s1. The van der Waals surface area contributed by atoms with E-state index in [4.69, 9.17) is 82.8 Å². The fourth-order valence-electron chi connectivity index (χ4n) is 4.95. The zero-order valence-electron chi connectivity index (χ0n) is 25.8. The molecule has 2 aliphatic rings. The van der Waals surface area contributed by atoms with E-state index in [0.29, 0.717) is 0 Å². The van der Waals surface area contributed by atoms with Crippen LogP contribution >= 0.6 is 34.8 Å². The fourth-order valence-corrected chi connectivity index (χ4v) is 5.09. The smallest absolute Gasteiger partial charge is 0.303 e. The van der Waals surface area contributed by atoms with Crippen LogP contribution in [-0.4, -0.2) is 95.0 Å². The van der Waals surface area contributed by atoms with Crippen molar-refractivity contribution in [2.45, 2.75) is 113 Å². The van der Waals surface area contributed by atoms with Crippen molar-refractivity contribution >= 4 is 64.6 Å². The Hall–Kier alpha value is -2.72. The lowest BCUT2D eigenvalue weighted by Crippen LogP contribution is -2.66. The number of carbonyl (C=O) groups is 4. The molecule has 0 unspecified atom stereocenters. The Labute approximate surface area is 280 Å². The van der Waals surface area contributed by atoms with Gasteiger partial charge in [0, 0.05) is 27.7 Å². The number of nitrogens with one attached hydrogen (secondary N) is 1. The minimum Gasteiger partial charge on any atom is -0.456 e. The number of hydrogen-bond donors (Lipinski definition) is 1. The molecular formula is C29H36Cl3NO13. The summed E-state index contributed by atoms with van der Waals surface area (Å²) >= 11 is 17.5. The van der Waals surface area contributed by atoms with Gasteiger partial charge in [-0.2, -0.15) is 0 Å². The Morgan fingerprint density at radius 3 is 1.65 bits per heavy atom. The SMILES string of the molecule is CC(=O)O[C@@H]1[C@@H](OC(C)=O)[C@H](C)O[C@@H](O[C@@H]2[C@@H](OCc3ccccc3)[C@H](C)O[C@H](OC(=N)C(Cl)(Cl)Cl)[C@@H]2OC(C)=O)[C@@H]1OC(C)=O. The van der Waals surface area contributed by atoms with Gasteiger partial charge in [-0.25, -0.2) is 0 Å². The van der Waals surface area contributed by atoms with Gasteiger partial charge in [0.15, 0.2) is 30.7 Å². The highest BCUT2D eigenvalue weighted by molar-refractivity contribution is 6.76. The Kier molecular flexibility index (Phi) is 13.5. The van der Waals surface area contributed by atoms with Crippen molar-refractivity contribution in [3.8, 4) is 0 Å². The molecule has 2 aliphatic heterocycles. The van der Waals surface area contributed by atoms with E-state index in [1.54, 1.807) is 6.92 Å². The molecule has 0 aliphatic carbocycles. The van der Waals surface area contributed by atoms with E-state index >= 15 is 0 Å². The number of rotatable bonds is 10. The van der Waals surface area contributed by atoms with Gasteiger partial charge in [0.2, 0.25) is 12.2 Å². The molecule has 46 heavy (non-hydrogen) atoms. The molecule has 2 fully saturated rings. The van der Waals surface area contributed by atoms with E-state index in [-0.39, 0.29) is 6.61 Å². The van der Waals surface area contributed by atoms with Crippen molar-refractivity contribution in [2.75, 3.05) is 0 Å². The number of ether oxygens (including phenoxy) is 9. The molecule has 0 amide bonds. The van der Waals surface area contributed by atoms with E-state index in [9.17, 15) is 19.2 Å². The van der Waals surface area contributed by atoms with Gasteiger partial charge in [-0.15, -0.1) is 0 Å². The highest BCUT2D eigenvalue weighted by Gasteiger charge is 2.56. The molecular weight excluding hydrogens is 677 g/mol. The summed E-state index contributed by atoms with van der Waals surface area (Å²) in [5.74, 6) is -3.92. The summed E-state index contributed by atoms with van der Waals surface area (Å²) in [6.45, 7) is 7.69. The molecule has 3 rings (SSSR count). The third-order valence-electron chi connectivity index (χ3n) is 6.73. The van der Waals surface area contributed by atoms with Crippen LogP contribution in [0.1, 0.15) is 47.1 Å². The lowest BCUT2D eigenvalue weighted by atomic mass is 9.96. The van der Waals surface area contributed by atoms with Gasteiger partial charge >= 0.3 is 23.9 Å². The van der Waals surface area contributed by atoms with Crippen molar-refractivity contribution < 1.29 is 61.8 Å². The lowest BCUT2D eigenvalue weighted by molar-refractivity contribution is -0.354. The van der Waals surface area contributed by atoms with E-state index in [2.05, 4.69) is 0 Å². The van der Waals surface area contributed by atoms with Crippen LogP contribution in [0.25, 0.3) is 0 Å². The van der Waals surface area contributed by atoms with E-state index in [1.165, 1.54) is 6.92 Å². The highest BCUT2D eigenvalue weighted by Crippen LogP contribution is 2.37. The summed E-state index contributed by atoms with van der Waals surface area (Å²) in [6.07, 6.45) is -12.8. The zero-order chi connectivity index (χ0) is 34.3. The number of carbonyl (C=O) groups excluding carboxylic acids is 4. The quantitative estimate of drug-likeness (QED) is 0.123. The van der Waals surface area contributed by atoms with Gasteiger partial charge in [-0.3, -0.25) is 24.6 Å². The third kappa shape index (κ3) is 10.4. The zero-order valence-corrected chi connectivity index (χ0v) is 28.1. The van der Waals surface area contributed by atoms with Crippen LogP contribution in [0.5, 0.6) is 0 Å². The van der Waals surface area contributed by atoms with Gasteiger partial charge in [0.05, 0.1) is 18.8 Å². The Bertz CT molecular complexity index is 1250. The first kappa shape index (κ1) is 37.7.